The van der Waals surface area contributed by atoms with E-state index in [1.807, 2.05) is 6.07 Å². The van der Waals surface area contributed by atoms with Gasteiger partial charge in [-0.3, -0.25) is 9.59 Å². The van der Waals surface area contributed by atoms with Crippen LogP contribution >= 0.6 is 15.9 Å². The second-order valence-electron chi connectivity index (χ2n) is 2.80. The number of benzene rings is 1. The van der Waals surface area contributed by atoms with Gasteiger partial charge in [-0.2, -0.15) is 5.26 Å². The molecule has 0 aromatic heterocycles. The number of hydrogen-bond acceptors (Lipinski definition) is 3. The number of hydrogen-bond donors (Lipinski definition) is 1. The molecule has 1 aromatic carbocycles. The average Bonchev–Trinajstić information content (AvgIpc) is 2.19. The third kappa shape index (κ3) is 2.42. The van der Waals surface area contributed by atoms with Crippen LogP contribution in [0.15, 0.2) is 16.6 Å². The van der Waals surface area contributed by atoms with E-state index in [2.05, 4.69) is 15.9 Å². The van der Waals surface area contributed by atoms with Crippen molar-refractivity contribution >= 4 is 28.2 Å². The quantitative estimate of drug-likeness (QED) is 0.847. The first kappa shape index (κ1) is 11.4. The summed E-state index contributed by atoms with van der Waals surface area (Å²) < 4.78 is 0.489. The summed E-state index contributed by atoms with van der Waals surface area (Å²) in [6, 6.07) is 4.91. The Hall–Kier alpha value is -1.67. The van der Waals surface area contributed by atoms with Crippen molar-refractivity contribution in [3.8, 4) is 6.07 Å². The van der Waals surface area contributed by atoms with Crippen molar-refractivity contribution in [2.24, 2.45) is 0 Å². The lowest BCUT2D eigenvalue weighted by molar-refractivity contribution is -0.136. The molecule has 4 nitrogen and oxygen atoms in total. The van der Waals surface area contributed by atoms with Gasteiger partial charge < -0.3 is 5.11 Å². The van der Waals surface area contributed by atoms with Crippen LogP contribution in [0.4, 0.5) is 0 Å². The van der Waals surface area contributed by atoms with Crippen LogP contribution in [-0.4, -0.2) is 17.4 Å². The molecule has 0 aliphatic rings. The van der Waals surface area contributed by atoms with E-state index >= 15 is 0 Å². The van der Waals surface area contributed by atoms with Gasteiger partial charge in [0.2, 0.25) is 0 Å². The van der Waals surface area contributed by atoms with E-state index in [4.69, 9.17) is 10.4 Å². The summed E-state index contributed by atoms with van der Waals surface area (Å²) in [5.74, 6) is -1.04. The molecule has 76 valence electrons. The van der Waals surface area contributed by atoms with Crippen LogP contribution in [0.3, 0.4) is 0 Å². The molecule has 0 unspecified atom stereocenters. The molecule has 0 saturated heterocycles. The van der Waals surface area contributed by atoms with Gasteiger partial charge in [-0.25, -0.2) is 0 Å². The molecule has 1 aromatic rings. The molecular formula is C10H6BrNO3. The molecule has 0 fully saturated rings. The summed E-state index contributed by atoms with van der Waals surface area (Å²) >= 11 is 3.12. The van der Waals surface area contributed by atoms with E-state index in [1.54, 1.807) is 6.07 Å². The first-order valence-corrected chi connectivity index (χ1v) is 4.78. The molecule has 0 bridgehead atoms. The Morgan fingerprint density at radius 2 is 2.27 bits per heavy atom. The van der Waals surface area contributed by atoms with E-state index in [9.17, 15) is 9.59 Å². The van der Waals surface area contributed by atoms with E-state index in [0.717, 1.165) is 0 Å². The lowest BCUT2D eigenvalue weighted by atomic mass is 10.0. The highest BCUT2D eigenvalue weighted by atomic mass is 79.9. The predicted octanol–water partition coefficient (Wildman–Crippen LogP) is 1.76. The summed E-state index contributed by atoms with van der Waals surface area (Å²) in [5, 5.41) is 17.5. The maximum absolute atomic E-state index is 10.7. The lowest BCUT2D eigenvalue weighted by Gasteiger charge is -2.04. The Morgan fingerprint density at radius 3 is 2.73 bits per heavy atom. The molecule has 1 N–H and O–H groups in total. The standard InChI is InChI=1S/C10H6BrNO3/c11-9-2-1-6(3-10(14)15)7(4-12)8(9)5-13/h1-2,5H,3H2,(H,14,15). The number of aliphatic carboxylic acids is 1. The zero-order chi connectivity index (χ0) is 11.4. The summed E-state index contributed by atoms with van der Waals surface area (Å²) in [6.07, 6.45) is 0.269. The van der Waals surface area contributed by atoms with Crippen LogP contribution in [0, 0.1) is 11.3 Å². The highest BCUT2D eigenvalue weighted by Crippen LogP contribution is 2.22. The second kappa shape index (κ2) is 4.71. The molecule has 0 aliphatic heterocycles. The Labute approximate surface area is 94.3 Å². The molecule has 0 aliphatic carbocycles. The molecule has 1 rings (SSSR count). The summed E-state index contributed by atoms with van der Waals surface area (Å²) in [7, 11) is 0. The molecule has 0 radical (unpaired) electrons. The number of carboxylic acid groups (broad SMARTS) is 1. The summed E-state index contributed by atoms with van der Waals surface area (Å²) in [6.45, 7) is 0. The Bertz CT molecular complexity index is 462. The minimum Gasteiger partial charge on any atom is -0.481 e. The highest BCUT2D eigenvalue weighted by molar-refractivity contribution is 9.10. The van der Waals surface area contributed by atoms with Gasteiger partial charge in [0.15, 0.2) is 6.29 Å². The average molecular weight is 268 g/mol. The number of carbonyl (C=O) groups excluding carboxylic acids is 1. The van der Waals surface area contributed by atoms with Crippen molar-refractivity contribution in [3.63, 3.8) is 0 Å². The number of halogens is 1. The minimum atomic E-state index is -1.04. The van der Waals surface area contributed by atoms with Gasteiger partial charge in [-0.15, -0.1) is 0 Å². The zero-order valence-electron chi connectivity index (χ0n) is 7.53. The van der Waals surface area contributed by atoms with Gasteiger partial charge in [0, 0.05) is 10.0 Å². The predicted molar refractivity (Wildman–Crippen MR) is 55.6 cm³/mol. The van der Waals surface area contributed by atoms with Crippen LogP contribution in [0.5, 0.6) is 0 Å². The minimum absolute atomic E-state index is 0.113. The number of carboxylic acids is 1. The van der Waals surface area contributed by atoms with E-state index < -0.39 is 5.97 Å². The largest absolute Gasteiger partial charge is 0.481 e. The lowest BCUT2D eigenvalue weighted by Crippen LogP contribution is -2.04. The maximum Gasteiger partial charge on any atom is 0.307 e. The highest BCUT2D eigenvalue weighted by Gasteiger charge is 2.13. The zero-order valence-corrected chi connectivity index (χ0v) is 9.11. The van der Waals surface area contributed by atoms with Gasteiger partial charge in [0.1, 0.15) is 6.07 Å². The smallest absolute Gasteiger partial charge is 0.307 e. The SMILES string of the molecule is N#Cc1c(CC(=O)O)ccc(Br)c1C=O. The fourth-order valence-corrected chi connectivity index (χ4v) is 1.62. The molecule has 5 heteroatoms. The second-order valence-corrected chi connectivity index (χ2v) is 3.65. The van der Waals surface area contributed by atoms with Crippen molar-refractivity contribution in [3.05, 3.63) is 33.3 Å². The van der Waals surface area contributed by atoms with Crippen LogP contribution in [0.25, 0.3) is 0 Å². The van der Waals surface area contributed by atoms with Gasteiger partial charge in [-0.05, 0) is 11.6 Å². The number of aldehydes is 1. The number of nitriles is 1. The van der Waals surface area contributed by atoms with Crippen molar-refractivity contribution in [2.75, 3.05) is 0 Å². The number of carbonyl (C=O) groups is 2. The van der Waals surface area contributed by atoms with E-state index in [-0.39, 0.29) is 17.5 Å². The van der Waals surface area contributed by atoms with Crippen molar-refractivity contribution in [1.29, 1.82) is 5.26 Å². The van der Waals surface area contributed by atoms with E-state index in [1.165, 1.54) is 6.07 Å². The molecule has 0 heterocycles. The maximum atomic E-state index is 10.7. The molecule has 0 saturated carbocycles. The first-order chi connectivity index (χ1) is 7.10. The number of nitrogens with zero attached hydrogens (tertiary/aromatic N) is 1. The normalized spacial score (nSPS) is 9.33. The van der Waals surface area contributed by atoms with Gasteiger partial charge in [0.05, 0.1) is 12.0 Å². The van der Waals surface area contributed by atoms with E-state index in [0.29, 0.717) is 16.3 Å². The monoisotopic (exact) mass is 267 g/mol. The third-order valence-electron chi connectivity index (χ3n) is 1.85. The van der Waals surface area contributed by atoms with Gasteiger partial charge in [-0.1, -0.05) is 22.0 Å². The van der Waals surface area contributed by atoms with Crippen molar-refractivity contribution in [1.82, 2.24) is 0 Å². The Morgan fingerprint density at radius 1 is 1.60 bits per heavy atom. The van der Waals surface area contributed by atoms with Crippen molar-refractivity contribution < 1.29 is 14.7 Å². The molecule has 0 atom stereocenters. The Balaban J connectivity index is 3.36. The Kier molecular flexibility index (Phi) is 3.58. The number of rotatable bonds is 3. The van der Waals surface area contributed by atoms with Gasteiger partial charge in [0.25, 0.3) is 0 Å². The van der Waals surface area contributed by atoms with Gasteiger partial charge >= 0.3 is 5.97 Å². The summed E-state index contributed by atoms with van der Waals surface area (Å²) in [5.41, 5.74) is 0.647. The molecular weight excluding hydrogens is 262 g/mol. The molecule has 15 heavy (non-hydrogen) atoms. The fourth-order valence-electron chi connectivity index (χ4n) is 1.20. The van der Waals surface area contributed by atoms with Crippen LogP contribution in [0.1, 0.15) is 21.5 Å². The van der Waals surface area contributed by atoms with Crippen molar-refractivity contribution in [2.45, 2.75) is 6.42 Å². The van der Waals surface area contributed by atoms with Crippen LogP contribution < -0.4 is 0 Å². The molecule has 0 spiro atoms. The first-order valence-electron chi connectivity index (χ1n) is 3.98. The fraction of sp³-hybridized carbons (Fsp3) is 0.100. The van der Waals surface area contributed by atoms with Crippen LogP contribution in [0.2, 0.25) is 0 Å². The molecule has 0 amide bonds. The third-order valence-corrected chi connectivity index (χ3v) is 2.54. The topological polar surface area (TPSA) is 78.2 Å². The van der Waals surface area contributed by atoms with Crippen LogP contribution in [-0.2, 0) is 11.2 Å². The summed E-state index contributed by atoms with van der Waals surface area (Å²) in [4.78, 5) is 21.2.